The minimum Gasteiger partial charge on any atom is -0.383 e. The molecule has 0 bridgehead atoms. The van der Waals surface area contributed by atoms with E-state index >= 15 is 0 Å². The average Bonchev–Trinajstić information content (AvgIpc) is 2.33. The fourth-order valence-electron chi connectivity index (χ4n) is 1.29. The first-order valence-electron chi connectivity index (χ1n) is 5.55. The molecule has 0 heterocycles. The van der Waals surface area contributed by atoms with Crippen LogP contribution in [-0.4, -0.2) is 33.7 Å². The van der Waals surface area contributed by atoms with Gasteiger partial charge in [-0.05, 0) is 30.0 Å². The topological polar surface area (TPSA) is 153 Å². The monoisotopic (exact) mass is 464 g/mol. The molecule has 0 aliphatic carbocycles. The minimum atomic E-state index is -5.94. The van der Waals surface area contributed by atoms with Gasteiger partial charge >= 0.3 is 29.6 Å². The van der Waals surface area contributed by atoms with Gasteiger partial charge in [0.05, 0.1) is 16.5 Å². The zero-order valence-corrected chi connectivity index (χ0v) is 18.0. The number of benzene rings is 1. The normalized spacial score (nSPS) is 11.0. The number of hydrogen-bond donors (Lipinski definition) is 0. The molecule has 0 saturated carbocycles. The van der Waals surface area contributed by atoms with Gasteiger partial charge in [0.15, 0.2) is 9.84 Å². The van der Waals surface area contributed by atoms with Gasteiger partial charge in [0.2, 0.25) is 0 Å². The summed E-state index contributed by atoms with van der Waals surface area (Å²) in [5.74, 6) is 0. The Labute approximate surface area is 163 Å². The van der Waals surface area contributed by atoms with Crippen LogP contribution in [0.5, 0.6) is 0 Å². The summed E-state index contributed by atoms with van der Waals surface area (Å²) in [7, 11) is 0.360. The van der Waals surface area contributed by atoms with Crippen molar-refractivity contribution in [2.75, 3.05) is 20.4 Å². The van der Waals surface area contributed by atoms with Crippen LogP contribution >= 0.6 is 0 Å². The Balaban J connectivity index is 0. The molecule has 0 atom stereocenters. The Hall–Kier alpha value is -0.230. The zero-order chi connectivity index (χ0) is 17.6. The summed E-state index contributed by atoms with van der Waals surface area (Å²) < 4.78 is 57.7. The van der Waals surface area contributed by atoms with E-state index < -0.39 is 29.9 Å². The molecule has 0 unspecified atom stereocenters. The molecular weight excluding hydrogens is 450 g/mol. The van der Waals surface area contributed by atoms with Gasteiger partial charge in [0, 0.05) is 20.4 Å². The summed E-state index contributed by atoms with van der Waals surface area (Å²) in [5, 5.41) is 8.77. The van der Waals surface area contributed by atoms with E-state index in [1.807, 2.05) is 25.1 Å². The van der Waals surface area contributed by atoms with Crippen molar-refractivity contribution in [3.05, 3.63) is 35.5 Å². The fourth-order valence-corrected chi connectivity index (χ4v) is 2.20. The van der Waals surface area contributed by atoms with E-state index in [1.165, 1.54) is 6.07 Å². The van der Waals surface area contributed by atoms with Crippen molar-refractivity contribution in [2.24, 2.45) is 0 Å². The maximum Gasteiger partial charge on any atom is 1.00 e. The number of hydrogen-bond acceptors (Lipinski definition) is 8. The Morgan fingerprint density at radius 2 is 1.70 bits per heavy atom. The van der Waals surface area contributed by atoms with Crippen LogP contribution < -0.4 is 63.4 Å². The zero-order valence-electron chi connectivity index (χ0n) is 13.0. The molecule has 0 aliphatic heterocycles. The van der Waals surface area contributed by atoms with Crippen molar-refractivity contribution >= 4 is 15.9 Å². The van der Waals surface area contributed by atoms with Gasteiger partial charge in [-0.3, -0.25) is 13.7 Å². The van der Waals surface area contributed by atoms with Gasteiger partial charge in [-0.1, -0.05) is 6.07 Å². The van der Waals surface area contributed by atoms with Crippen LogP contribution in [0, 0.1) is 11.3 Å². The van der Waals surface area contributed by atoms with Gasteiger partial charge in [-0.15, -0.1) is 0 Å². The maximum absolute atomic E-state index is 11.6. The van der Waals surface area contributed by atoms with Gasteiger partial charge in [0.1, 0.15) is 20.1 Å². The molecule has 8 nitrogen and oxygen atoms in total. The first kappa shape index (κ1) is 25.0. The first-order valence-corrected chi connectivity index (χ1v) is 11.0. The minimum absolute atomic E-state index is 0. The second-order valence-corrected chi connectivity index (χ2v) is 8.44. The van der Waals surface area contributed by atoms with Crippen LogP contribution in [0.4, 0.5) is 0 Å². The van der Waals surface area contributed by atoms with Crippen LogP contribution in [0.2, 0.25) is 0 Å². The van der Waals surface area contributed by atoms with Gasteiger partial charge < -0.3 is 4.90 Å². The molecular formula is C12H14IN2NaO6S. The molecule has 11 heteroatoms. The third kappa shape index (κ3) is 12.8. The summed E-state index contributed by atoms with van der Waals surface area (Å²) in [4.78, 5) is 1.99. The molecule has 0 radical (unpaired) electrons. The molecule has 0 spiro atoms. The van der Waals surface area contributed by atoms with E-state index in [-0.39, 0.29) is 34.5 Å². The summed E-state index contributed by atoms with van der Waals surface area (Å²) in [6.45, 7) is 0. The molecule has 0 aromatic heterocycles. The molecule has 0 saturated heterocycles. The second kappa shape index (κ2) is 10.6. The van der Waals surface area contributed by atoms with Gasteiger partial charge in [-0.25, -0.2) is 8.42 Å². The third-order valence-corrected chi connectivity index (χ3v) is 3.25. The smallest absolute Gasteiger partial charge is 0.383 e. The van der Waals surface area contributed by atoms with Gasteiger partial charge in [-0.2, -0.15) is 5.26 Å². The number of nitriles is 1. The van der Waals surface area contributed by atoms with Crippen molar-refractivity contribution in [1.29, 1.82) is 5.26 Å². The summed E-state index contributed by atoms with van der Waals surface area (Å²) in [6, 6.07) is 6.56. The SMILES string of the molecule is CN(C)C=Cc1ccc(C#N)cc1S(C)(=O)=O.[Na+].[O-][I+3]([O-])([O-])[O-]. The fraction of sp³-hybridized carbons (Fsp3) is 0.250. The van der Waals surface area contributed by atoms with E-state index in [0.29, 0.717) is 11.1 Å². The Kier molecular flexibility index (Phi) is 11.5. The van der Waals surface area contributed by atoms with Crippen LogP contribution in [-0.2, 0) is 9.84 Å². The number of sulfone groups is 1. The molecule has 122 valence electrons. The van der Waals surface area contributed by atoms with E-state index in [9.17, 15) is 8.42 Å². The van der Waals surface area contributed by atoms with Crippen molar-refractivity contribution in [3.63, 3.8) is 0 Å². The standard InChI is InChI=1S/C12H14N2O2S.IO4.Na/c1-14(2)7-6-11-5-4-10(9-13)8-12(11)17(3,15)16;2-1(3,4)5;/h4-8H,1-3H3;;/q;-1;+1. The average molecular weight is 464 g/mol. The summed E-state index contributed by atoms with van der Waals surface area (Å²) >= 11 is -5.94. The molecule has 0 aliphatic rings. The Bertz CT molecular complexity index is 674. The van der Waals surface area contributed by atoms with E-state index in [4.69, 9.17) is 19.0 Å². The van der Waals surface area contributed by atoms with Crippen molar-refractivity contribution < 1.29 is 71.8 Å². The van der Waals surface area contributed by atoms with Crippen LogP contribution in [0.3, 0.4) is 0 Å². The maximum atomic E-state index is 11.6. The quantitative estimate of drug-likeness (QED) is 0.316. The predicted octanol–water partition coefficient (Wildman–Crippen LogP) is -9.25. The molecule has 1 rings (SSSR count). The van der Waals surface area contributed by atoms with E-state index in [2.05, 4.69) is 0 Å². The van der Waals surface area contributed by atoms with Gasteiger partial charge in [0.25, 0.3) is 0 Å². The van der Waals surface area contributed by atoms with Crippen molar-refractivity contribution in [3.8, 4) is 6.07 Å². The molecule has 23 heavy (non-hydrogen) atoms. The molecule has 0 fully saturated rings. The summed E-state index contributed by atoms with van der Waals surface area (Å²) in [5.41, 5.74) is 0.924. The Morgan fingerprint density at radius 1 is 1.22 bits per heavy atom. The molecule has 1 aromatic carbocycles. The number of nitrogens with zero attached hydrogens (tertiary/aromatic N) is 2. The summed E-state index contributed by atoms with van der Waals surface area (Å²) in [6.07, 6.45) is 4.60. The van der Waals surface area contributed by atoms with Crippen molar-refractivity contribution in [1.82, 2.24) is 4.90 Å². The Morgan fingerprint density at radius 3 is 2.04 bits per heavy atom. The largest absolute Gasteiger partial charge is 1.00 e. The van der Waals surface area contributed by atoms with Crippen LogP contribution in [0.25, 0.3) is 6.08 Å². The van der Waals surface area contributed by atoms with Crippen molar-refractivity contribution in [2.45, 2.75) is 4.90 Å². The predicted molar refractivity (Wildman–Crippen MR) is 67.0 cm³/mol. The number of halogens is 1. The molecule has 0 N–H and O–H groups in total. The van der Waals surface area contributed by atoms with E-state index in [0.717, 1.165) is 6.26 Å². The third-order valence-electron chi connectivity index (χ3n) is 2.09. The first-order chi connectivity index (χ1) is 9.84. The second-order valence-electron chi connectivity index (χ2n) is 4.29. The van der Waals surface area contributed by atoms with E-state index in [1.54, 1.807) is 24.4 Å². The molecule has 1 aromatic rings. The number of rotatable bonds is 3. The molecule has 0 amide bonds. The van der Waals surface area contributed by atoms with Crippen LogP contribution in [0.15, 0.2) is 29.3 Å². The van der Waals surface area contributed by atoms with Crippen LogP contribution in [0.1, 0.15) is 11.1 Å².